The Hall–Kier alpha value is -3.72. The molecule has 1 heterocycles. The minimum Gasteiger partial charge on any atom is -0.453 e. The fourth-order valence-corrected chi connectivity index (χ4v) is 2.85. The summed E-state index contributed by atoms with van der Waals surface area (Å²) in [6.45, 7) is -0.386. The lowest BCUT2D eigenvalue weighted by Gasteiger charge is -2.19. The number of methoxy groups -OCH3 is 1. The van der Waals surface area contributed by atoms with Crippen molar-refractivity contribution in [2.75, 3.05) is 19.0 Å². The first kappa shape index (κ1) is 20.0. The normalized spacial score (nSPS) is 14.9. The summed E-state index contributed by atoms with van der Waals surface area (Å²) in [5.74, 6) is -1.90. The van der Waals surface area contributed by atoms with E-state index >= 15 is 0 Å². The van der Waals surface area contributed by atoms with Crippen LogP contribution in [0.25, 0.3) is 0 Å². The van der Waals surface area contributed by atoms with Crippen LogP contribution in [-0.2, 0) is 20.9 Å². The van der Waals surface area contributed by atoms with Gasteiger partial charge >= 0.3 is 23.9 Å². The van der Waals surface area contributed by atoms with Crippen molar-refractivity contribution in [1.29, 1.82) is 0 Å². The smallest absolute Gasteiger partial charge is 0.411 e. The number of amides is 5. The molecular weight excluding hydrogens is 378 g/mol. The Morgan fingerprint density at radius 3 is 2.24 bits per heavy atom. The van der Waals surface area contributed by atoms with Gasteiger partial charge in [0.15, 0.2) is 0 Å². The van der Waals surface area contributed by atoms with E-state index in [1.165, 1.54) is 31.4 Å². The Labute approximate surface area is 166 Å². The fraction of sp³-hybridized carbons (Fsp3) is 0.200. The largest absolute Gasteiger partial charge is 0.453 e. The van der Waals surface area contributed by atoms with Gasteiger partial charge in [0.2, 0.25) is 0 Å². The zero-order valence-electron chi connectivity index (χ0n) is 15.6. The van der Waals surface area contributed by atoms with E-state index < -0.39 is 30.0 Å². The highest BCUT2D eigenvalue weighted by Crippen LogP contribution is 2.22. The van der Waals surface area contributed by atoms with Crippen molar-refractivity contribution in [3.05, 3.63) is 65.7 Å². The number of ether oxygens (including phenoxy) is 1. The summed E-state index contributed by atoms with van der Waals surface area (Å²) in [5.41, 5.74) is 1.57. The summed E-state index contributed by atoms with van der Waals surface area (Å²) in [6.07, 6.45) is -1.83. The number of benzene rings is 2. The zero-order valence-corrected chi connectivity index (χ0v) is 15.6. The lowest BCUT2D eigenvalue weighted by molar-refractivity contribution is -0.143. The van der Waals surface area contributed by atoms with Gasteiger partial charge in [-0.05, 0) is 23.3 Å². The average molecular weight is 397 g/mol. The van der Waals surface area contributed by atoms with Gasteiger partial charge in [-0.25, -0.2) is 9.59 Å². The number of carbonyl (C=O) groups is 4. The minimum atomic E-state index is -1.19. The Morgan fingerprint density at radius 2 is 1.62 bits per heavy atom. The SMILES string of the molecule is COC(=O)Nc1ccc(C(O)CN2C(=O)C(=O)N(Cc3ccccc3)C2=O)cc1. The van der Waals surface area contributed by atoms with E-state index in [0.717, 1.165) is 9.80 Å². The number of rotatable bonds is 6. The number of imide groups is 2. The number of aliphatic hydroxyl groups excluding tert-OH is 1. The predicted octanol–water partition coefficient (Wildman–Crippen LogP) is 1.89. The molecule has 1 unspecified atom stereocenters. The average Bonchev–Trinajstić information content (AvgIpc) is 2.93. The second kappa shape index (κ2) is 8.53. The highest BCUT2D eigenvalue weighted by molar-refractivity contribution is 6.44. The first-order valence-corrected chi connectivity index (χ1v) is 8.75. The van der Waals surface area contributed by atoms with Crippen molar-refractivity contribution in [3.63, 3.8) is 0 Å². The Kier molecular flexibility index (Phi) is 5.89. The highest BCUT2D eigenvalue weighted by atomic mass is 16.5. The summed E-state index contributed by atoms with van der Waals surface area (Å²) < 4.78 is 4.49. The van der Waals surface area contributed by atoms with Gasteiger partial charge in [0, 0.05) is 5.69 Å². The molecule has 0 saturated carbocycles. The van der Waals surface area contributed by atoms with Crippen LogP contribution in [0.1, 0.15) is 17.2 Å². The summed E-state index contributed by atoms with van der Waals surface area (Å²) in [5, 5.41) is 12.9. The molecular formula is C20H19N3O6. The number of hydrogen-bond donors (Lipinski definition) is 2. The van der Waals surface area contributed by atoms with Crippen LogP contribution in [0.4, 0.5) is 15.3 Å². The van der Waals surface area contributed by atoms with Gasteiger partial charge in [0.05, 0.1) is 26.3 Å². The van der Waals surface area contributed by atoms with Gasteiger partial charge in [-0.1, -0.05) is 42.5 Å². The van der Waals surface area contributed by atoms with E-state index in [4.69, 9.17) is 0 Å². The molecule has 1 saturated heterocycles. The van der Waals surface area contributed by atoms with E-state index in [2.05, 4.69) is 10.1 Å². The van der Waals surface area contributed by atoms with Crippen LogP contribution in [0.5, 0.6) is 0 Å². The van der Waals surface area contributed by atoms with Crippen LogP contribution in [0.2, 0.25) is 0 Å². The van der Waals surface area contributed by atoms with E-state index in [0.29, 0.717) is 16.8 Å². The lowest BCUT2D eigenvalue weighted by atomic mass is 10.1. The van der Waals surface area contributed by atoms with Gasteiger partial charge in [0.1, 0.15) is 0 Å². The Balaban J connectivity index is 1.67. The number of anilines is 1. The zero-order chi connectivity index (χ0) is 21.0. The lowest BCUT2D eigenvalue weighted by Crippen LogP contribution is -2.36. The molecule has 1 fully saturated rings. The third kappa shape index (κ3) is 4.41. The maximum Gasteiger partial charge on any atom is 0.411 e. The van der Waals surface area contributed by atoms with Crippen LogP contribution in [0.3, 0.4) is 0 Å². The summed E-state index contributed by atoms with van der Waals surface area (Å²) in [7, 11) is 1.24. The molecule has 2 N–H and O–H groups in total. The van der Waals surface area contributed by atoms with E-state index in [9.17, 15) is 24.3 Å². The third-order valence-corrected chi connectivity index (χ3v) is 4.40. The van der Waals surface area contributed by atoms with Gasteiger partial charge < -0.3 is 9.84 Å². The van der Waals surface area contributed by atoms with Gasteiger partial charge in [-0.2, -0.15) is 0 Å². The molecule has 0 bridgehead atoms. The number of urea groups is 1. The summed E-state index contributed by atoms with van der Waals surface area (Å²) >= 11 is 0. The molecule has 0 radical (unpaired) electrons. The fourth-order valence-electron chi connectivity index (χ4n) is 2.85. The van der Waals surface area contributed by atoms with Crippen molar-refractivity contribution in [1.82, 2.24) is 9.80 Å². The molecule has 29 heavy (non-hydrogen) atoms. The van der Waals surface area contributed by atoms with Crippen molar-refractivity contribution < 1.29 is 29.0 Å². The predicted molar refractivity (Wildman–Crippen MR) is 102 cm³/mol. The molecule has 2 aromatic carbocycles. The quantitative estimate of drug-likeness (QED) is 0.568. The van der Waals surface area contributed by atoms with Crippen molar-refractivity contribution in [2.24, 2.45) is 0 Å². The number of β-amino-alcohol motifs (C(OH)–C–C–N with tert-alkyl or cyclic N) is 1. The molecule has 2 aromatic rings. The second-order valence-electron chi connectivity index (χ2n) is 6.33. The molecule has 3 rings (SSSR count). The first-order valence-electron chi connectivity index (χ1n) is 8.75. The topological polar surface area (TPSA) is 116 Å². The van der Waals surface area contributed by atoms with E-state index in [1.54, 1.807) is 30.3 Å². The number of hydrogen-bond acceptors (Lipinski definition) is 6. The summed E-state index contributed by atoms with van der Waals surface area (Å²) in [6, 6.07) is 14.2. The van der Waals surface area contributed by atoms with Crippen molar-refractivity contribution >= 4 is 29.6 Å². The molecule has 0 aromatic heterocycles. The van der Waals surface area contributed by atoms with Crippen LogP contribution < -0.4 is 5.32 Å². The molecule has 9 nitrogen and oxygen atoms in total. The Bertz CT molecular complexity index is 929. The van der Waals surface area contributed by atoms with Gasteiger partial charge in [-0.3, -0.25) is 24.7 Å². The maximum atomic E-state index is 12.5. The molecule has 1 aliphatic heterocycles. The van der Waals surface area contributed by atoms with Gasteiger partial charge in [-0.15, -0.1) is 0 Å². The monoisotopic (exact) mass is 397 g/mol. The van der Waals surface area contributed by atoms with Crippen molar-refractivity contribution in [2.45, 2.75) is 12.6 Å². The van der Waals surface area contributed by atoms with E-state index in [-0.39, 0.29) is 13.1 Å². The number of nitrogens with zero attached hydrogens (tertiary/aromatic N) is 2. The van der Waals surface area contributed by atoms with Gasteiger partial charge in [0.25, 0.3) is 0 Å². The molecule has 0 aliphatic carbocycles. The molecule has 9 heteroatoms. The third-order valence-electron chi connectivity index (χ3n) is 4.40. The second-order valence-corrected chi connectivity index (χ2v) is 6.33. The standard InChI is InChI=1S/C20H19N3O6/c1-29-19(27)21-15-9-7-14(8-10-15)16(24)12-23-18(26)17(25)22(20(23)28)11-13-5-3-2-4-6-13/h2-10,16,24H,11-12H2,1H3,(H,21,27). The van der Waals surface area contributed by atoms with Crippen molar-refractivity contribution in [3.8, 4) is 0 Å². The maximum absolute atomic E-state index is 12.5. The highest BCUT2D eigenvalue weighted by Gasteiger charge is 2.45. The van der Waals surface area contributed by atoms with Crippen LogP contribution in [-0.4, -0.2) is 52.5 Å². The number of nitrogens with one attached hydrogen (secondary N) is 1. The van der Waals surface area contributed by atoms with Crippen LogP contribution in [0, 0.1) is 0 Å². The number of aliphatic hydroxyl groups is 1. The molecule has 150 valence electrons. The minimum absolute atomic E-state index is 0.0231. The van der Waals surface area contributed by atoms with E-state index in [1.807, 2.05) is 0 Å². The van der Waals surface area contributed by atoms with Crippen LogP contribution >= 0.6 is 0 Å². The first-order chi connectivity index (χ1) is 13.9. The number of carbonyl (C=O) groups excluding carboxylic acids is 4. The molecule has 1 atom stereocenters. The Morgan fingerprint density at radius 1 is 1.00 bits per heavy atom. The molecule has 0 spiro atoms. The summed E-state index contributed by atoms with van der Waals surface area (Å²) in [4.78, 5) is 49.8. The molecule has 5 amide bonds. The molecule has 1 aliphatic rings. The van der Waals surface area contributed by atoms with Crippen LogP contribution in [0.15, 0.2) is 54.6 Å².